The largest absolute Gasteiger partial charge is 0.358 e. The first kappa shape index (κ1) is 22.5. The maximum atomic E-state index is 13.9. The predicted octanol–water partition coefficient (Wildman–Crippen LogP) is 6.15. The zero-order valence-electron chi connectivity index (χ0n) is 18.1. The Morgan fingerprint density at radius 2 is 1.60 bits per heavy atom. The Kier molecular flexibility index (Phi) is 5.36. The van der Waals surface area contributed by atoms with Gasteiger partial charge in [-0.3, -0.25) is 14.4 Å². The standard InChI is InChI=1S/C27H17BrCl2N2O3/c28-15-5-8-17(9-6-15)32-26(34)21-22(27(32)35)24(25(33)19-10-7-16(29)13-20(19)30)31-12-11-14-3-1-2-4-18(14)23(21)31/h1-13,21-24H/t21-,22-,23+,24+/m0/s1. The van der Waals surface area contributed by atoms with Crippen molar-refractivity contribution in [1.82, 2.24) is 4.90 Å². The maximum Gasteiger partial charge on any atom is 0.240 e. The molecule has 6 rings (SSSR count). The summed E-state index contributed by atoms with van der Waals surface area (Å²) in [4.78, 5) is 44.7. The molecule has 0 radical (unpaired) electrons. The van der Waals surface area contributed by atoms with Crippen molar-refractivity contribution >= 4 is 68.5 Å². The SMILES string of the molecule is O=C(c1ccc(Cl)cc1Cl)[C@H]1[C@H]2C(=O)N(c3ccc(Br)cc3)C(=O)[C@@H]2[C@H]2c3ccccc3C=CN21. The Labute approximate surface area is 220 Å². The van der Waals surface area contributed by atoms with E-state index in [2.05, 4.69) is 15.9 Å². The Bertz CT molecular complexity index is 1440. The van der Waals surface area contributed by atoms with Crippen molar-refractivity contribution in [3.63, 3.8) is 0 Å². The van der Waals surface area contributed by atoms with Crippen LogP contribution in [0.5, 0.6) is 0 Å². The molecular formula is C27H17BrCl2N2O3. The maximum absolute atomic E-state index is 13.9. The number of anilines is 1. The molecule has 2 fully saturated rings. The van der Waals surface area contributed by atoms with Crippen LogP contribution in [0.1, 0.15) is 27.5 Å². The summed E-state index contributed by atoms with van der Waals surface area (Å²) in [6.07, 6.45) is 3.74. The van der Waals surface area contributed by atoms with E-state index in [-0.39, 0.29) is 28.2 Å². The van der Waals surface area contributed by atoms with E-state index < -0.39 is 23.9 Å². The molecule has 5 nitrogen and oxygen atoms in total. The number of ketones is 1. The highest BCUT2D eigenvalue weighted by Gasteiger charge is 2.64. The molecule has 0 spiro atoms. The zero-order valence-corrected chi connectivity index (χ0v) is 21.2. The Morgan fingerprint density at radius 1 is 0.886 bits per heavy atom. The molecule has 3 aliphatic rings. The molecule has 0 bridgehead atoms. The topological polar surface area (TPSA) is 57.7 Å². The quantitative estimate of drug-likeness (QED) is 0.281. The van der Waals surface area contributed by atoms with Crippen LogP contribution in [-0.2, 0) is 9.59 Å². The van der Waals surface area contributed by atoms with Gasteiger partial charge in [0.2, 0.25) is 11.8 Å². The number of hydrogen-bond donors (Lipinski definition) is 0. The third-order valence-electron chi connectivity index (χ3n) is 7.01. The van der Waals surface area contributed by atoms with Gasteiger partial charge in [0.25, 0.3) is 0 Å². The summed E-state index contributed by atoms with van der Waals surface area (Å²) in [6.45, 7) is 0. The Morgan fingerprint density at radius 3 is 2.34 bits per heavy atom. The minimum Gasteiger partial charge on any atom is -0.358 e. The average molecular weight is 568 g/mol. The van der Waals surface area contributed by atoms with Crippen molar-refractivity contribution in [3.05, 3.63) is 104 Å². The summed E-state index contributed by atoms with van der Waals surface area (Å²) in [5.74, 6) is -2.57. The summed E-state index contributed by atoms with van der Waals surface area (Å²) in [7, 11) is 0. The van der Waals surface area contributed by atoms with E-state index >= 15 is 0 Å². The number of imide groups is 1. The van der Waals surface area contributed by atoms with Crippen LogP contribution in [0.25, 0.3) is 6.08 Å². The summed E-state index contributed by atoms with van der Waals surface area (Å²) < 4.78 is 0.837. The van der Waals surface area contributed by atoms with Crippen molar-refractivity contribution in [2.75, 3.05) is 4.90 Å². The Balaban J connectivity index is 1.50. The van der Waals surface area contributed by atoms with Crippen molar-refractivity contribution < 1.29 is 14.4 Å². The number of halogens is 3. The number of fused-ring (bicyclic) bond motifs is 5. The van der Waals surface area contributed by atoms with E-state index in [1.54, 1.807) is 36.4 Å². The first-order valence-electron chi connectivity index (χ1n) is 11.0. The van der Waals surface area contributed by atoms with Gasteiger partial charge in [-0.25, -0.2) is 4.90 Å². The van der Waals surface area contributed by atoms with Gasteiger partial charge in [-0.15, -0.1) is 0 Å². The monoisotopic (exact) mass is 566 g/mol. The first-order chi connectivity index (χ1) is 16.9. The fourth-order valence-electron chi connectivity index (χ4n) is 5.55. The molecule has 0 N–H and O–H groups in total. The minimum atomic E-state index is -0.884. The number of rotatable bonds is 3. The molecule has 174 valence electrons. The van der Waals surface area contributed by atoms with Crippen molar-refractivity contribution in [2.45, 2.75) is 12.1 Å². The van der Waals surface area contributed by atoms with Gasteiger partial charge in [0.1, 0.15) is 6.04 Å². The summed E-state index contributed by atoms with van der Waals surface area (Å²) >= 11 is 15.8. The van der Waals surface area contributed by atoms with Gasteiger partial charge in [0.15, 0.2) is 5.78 Å². The van der Waals surface area contributed by atoms with Crippen LogP contribution in [0.15, 0.2) is 77.4 Å². The van der Waals surface area contributed by atoms with Crippen LogP contribution in [-0.4, -0.2) is 28.5 Å². The third kappa shape index (κ3) is 3.39. The summed E-state index contributed by atoms with van der Waals surface area (Å²) in [5.41, 5.74) is 2.64. The summed E-state index contributed by atoms with van der Waals surface area (Å²) in [5, 5.41) is 0.625. The fraction of sp³-hybridized carbons (Fsp3) is 0.148. The highest BCUT2D eigenvalue weighted by Crippen LogP contribution is 2.54. The number of carbonyl (C=O) groups excluding carboxylic acids is 3. The smallest absolute Gasteiger partial charge is 0.240 e. The van der Waals surface area contributed by atoms with Crippen LogP contribution in [0.2, 0.25) is 10.0 Å². The van der Waals surface area contributed by atoms with E-state index in [4.69, 9.17) is 23.2 Å². The predicted molar refractivity (Wildman–Crippen MR) is 138 cm³/mol. The molecule has 2 saturated heterocycles. The van der Waals surface area contributed by atoms with Gasteiger partial charge >= 0.3 is 0 Å². The lowest BCUT2D eigenvalue weighted by molar-refractivity contribution is -0.123. The van der Waals surface area contributed by atoms with Gasteiger partial charge in [0.05, 0.1) is 28.6 Å². The van der Waals surface area contributed by atoms with E-state index in [9.17, 15) is 14.4 Å². The van der Waals surface area contributed by atoms with Crippen LogP contribution in [0.4, 0.5) is 5.69 Å². The van der Waals surface area contributed by atoms with Gasteiger partial charge in [-0.05, 0) is 59.7 Å². The highest BCUT2D eigenvalue weighted by atomic mass is 79.9. The normalized spacial score (nSPS) is 24.4. The van der Waals surface area contributed by atoms with Gasteiger partial charge in [-0.2, -0.15) is 0 Å². The van der Waals surface area contributed by atoms with E-state index in [1.807, 2.05) is 41.4 Å². The highest BCUT2D eigenvalue weighted by molar-refractivity contribution is 9.10. The number of benzene rings is 3. The fourth-order valence-corrected chi connectivity index (χ4v) is 6.32. The molecule has 0 aliphatic carbocycles. The molecule has 35 heavy (non-hydrogen) atoms. The van der Waals surface area contributed by atoms with E-state index in [0.717, 1.165) is 15.6 Å². The lowest BCUT2D eigenvalue weighted by atomic mass is 9.83. The minimum absolute atomic E-state index is 0.213. The number of amides is 2. The Hall–Kier alpha value is -2.93. The number of carbonyl (C=O) groups is 3. The molecule has 3 aromatic carbocycles. The molecule has 0 unspecified atom stereocenters. The lowest BCUT2D eigenvalue weighted by Gasteiger charge is -2.35. The van der Waals surface area contributed by atoms with Crippen molar-refractivity contribution in [1.29, 1.82) is 0 Å². The van der Waals surface area contributed by atoms with Gasteiger partial charge in [0, 0.05) is 21.3 Å². The zero-order chi connectivity index (χ0) is 24.4. The molecule has 8 heteroatoms. The molecule has 4 atom stereocenters. The molecular weight excluding hydrogens is 551 g/mol. The van der Waals surface area contributed by atoms with Crippen molar-refractivity contribution in [3.8, 4) is 0 Å². The molecule has 2 amide bonds. The molecule has 3 aromatic rings. The second kappa shape index (κ2) is 8.33. The molecule has 3 aliphatic heterocycles. The molecule has 0 aromatic heterocycles. The second-order valence-electron chi connectivity index (χ2n) is 8.81. The van der Waals surface area contributed by atoms with E-state index in [1.165, 1.54) is 11.0 Å². The number of nitrogens with zero attached hydrogens (tertiary/aromatic N) is 2. The second-order valence-corrected chi connectivity index (χ2v) is 10.6. The average Bonchev–Trinajstić information content (AvgIpc) is 3.32. The van der Waals surface area contributed by atoms with E-state index in [0.29, 0.717) is 10.7 Å². The first-order valence-corrected chi connectivity index (χ1v) is 12.6. The van der Waals surface area contributed by atoms with Gasteiger partial charge in [-0.1, -0.05) is 63.4 Å². The molecule has 0 saturated carbocycles. The van der Waals surface area contributed by atoms with Crippen LogP contribution in [0.3, 0.4) is 0 Å². The van der Waals surface area contributed by atoms with Crippen LogP contribution >= 0.6 is 39.1 Å². The third-order valence-corrected chi connectivity index (χ3v) is 8.09. The van der Waals surface area contributed by atoms with Crippen molar-refractivity contribution in [2.24, 2.45) is 11.8 Å². The molecule has 3 heterocycles. The van der Waals surface area contributed by atoms with Crippen LogP contribution in [0, 0.1) is 11.8 Å². The number of hydrogen-bond acceptors (Lipinski definition) is 4. The lowest BCUT2D eigenvalue weighted by Crippen LogP contribution is -2.44. The van der Waals surface area contributed by atoms with Crippen LogP contribution < -0.4 is 4.90 Å². The summed E-state index contributed by atoms with van der Waals surface area (Å²) in [6, 6.07) is 18.1. The number of Topliss-reactive ketones (excluding diaryl/α,β-unsaturated/α-hetero) is 1. The van der Waals surface area contributed by atoms with Gasteiger partial charge < -0.3 is 4.90 Å².